The fourth-order valence-corrected chi connectivity index (χ4v) is 4.00. The van der Waals surface area contributed by atoms with Crippen LogP contribution in [0, 0.1) is 11.7 Å². The van der Waals surface area contributed by atoms with Crippen LogP contribution < -0.4 is 14.4 Å². The summed E-state index contributed by atoms with van der Waals surface area (Å²) in [7, 11) is 3.07. The molecule has 1 atom stereocenters. The molecule has 1 fully saturated rings. The molecule has 1 aliphatic heterocycles. The molecular weight excluding hydrogens is 455 g/mol. The molecule has 0 radical (unpaired) electrons. The van der Waals surface area contributed by atoms with Crippen LogP contribution in [0.15, 0.2) is 40.9 Å². The van der Waals surface area contributed by atoms with Gasteiger partial charge < -0.3 is 19.3 Å². The van der Waals surface area contributed by atoms with Crippen molar-refractivity contribution < 1.29 is 23.5 Å². The van der Waals surface area contributed by atoms with E-state index in [1.807, 2.05) is 6.92 Å². The summed E-state index contributed by atoms with van der Waals surface area (Å²) in [5, 5.41) is 0. The van der Waals surface area contributed by atoms with Crippen molar-refractivity contribution in [3.05, 3.63) is 52.3 Å². The Labute approximate surface area is 183 Å². The first-order valence-electron chi connectivity index (χ1n) is 9.63. The first-order valence-corrected chi connectivity index (χ1v) is 10.4. The maximum absolute atomic E-state index is 14.1. The molecule has 0 N–H and O–H groups in total. The van der Waals surface area contributed by atoms with Gasteiger partial charge in [0.1, 0.15) is 5.82 Å². The summed E-state index contributed by atoms with van der Waals surface area (Å²) in [6.07, 6.45) is 0.116. The lowest BCUT2D eigenvalue weighted by Crippen LogP contribution is -2.37. The number of nitrogens with zero attached hydrogens (tertiary/aromatic N) is 2. The predicted molar refractivity (Wildman–Crippen MR) is 115 cm³/mol. The molecule has 30 heavy (non-hydrogen) atoms. The average Bonchev–Trinajstić information content (AvgIpc) is 3.14. The van der Waals surface area contributed by atoms with Gasteiger partial charge in [-0.3, -0.25) is 9.59 Å². The van der Waals surface area contributed by atoms with Crippen LogP contribution in [0.5, 0.6) is 11.5 Å². The van der Waals surface area contributed by atoms with Crippen LogP contribution in [0.4, 0.5) is 10.1 Å². The van der Waals surface area contributed by atoms with E-state index in [2.05, 4.69) is 15.9 Å². The summed E-state index contributed by atoms with van der Waals surface area (Å²) < 4.78 is 25.4. The number of methoxy groups -OCH3 is 2. The summed E-state index contributed by atoms with van der Waals surface area (Å²) in [5.74, 6) is -0.0651. The summed E-state index contributed by atoms with van der Waals surface area (Å²) in [4.78, 5) is 28.9. The van der Waals surface area contributed by atoms with Gasteiger partial charge in [0.05, 0.1) is 20.1 Å². The van der Waals surface area contributed by atoms with Gasteiger partial charge in [0.15, 0.2) is 11.5 Å². The molecule has 2 aromatic carbocycles. The molecule has 3 rings (SSSR count). The summed E-state index contributed by atoms with van der Waals surface area (Å²) in [6, 6.07) is 9.87. The fourth-order valence-electron chi connectivity index (χ4n) is 3.59. The Morgan fingerprint density at radius 2 is 1.93 bits per heavy atom. The quantitative estimate of drug-likeness (QED) is 0.603. The van der Waals surface area contributed by atoms with Gasteiger partial charge in [-0.2, -0.15) is 0 Å². The van der Waals surface area contributed by atoms with Crippen molar-refractivity contribution >= 4 is 33.4 Å². The largest absolute Gasteiger partial charge is 0.493 e. The number of hydrogen-bond acceptors (Lipinski definition) is 4. The van der Waals surface area contributed by atoms with Gasteiger partial charge in [-0.1, -0.05) is 15.9 Å². The molecule has 1 heterocycles. The zero-order valence-electron chi connectivity index (χ0n) is 17.2. The summed E-state index contributed by atoms with van der Waals surface area (Å²) >= 11 is 3.33. The van der Waals surface area contributed by atoms with Crippen LogP contribution in [-0.2, 0) is 16.1 Å². The molecule has 0 bridgehead atoms. The van der Waals surface area contributed by atoms with Crippen LogP contribution in [0.25, 0.3) is 0 Å². The lowest BCUT2D eigenvalue weighted by Gasteiger charge is -2.25. The molecule has 160 valence electrons. The van der Waals surface area contributed by atoms with Gasteiger partial charge in [-0.15, -0.1) is 0 Å². The Balaban J connectivity index is 1.76. The van der Waals surface area contributed by atoms with E-state index in [-0.39, 0.29) is 37.1 Å². The van der Waals surface area contributed by atoms with Crippen molar-refractivity contribution in [2.45, 2.75) is 19.9 Å². The Morgan fingerprint density at radius 1 is 1.20 bits per heavy atom. The van der Waals surface area contributed by atoms with Gasteiger partial charge >= 0.3 is 0 Å². The highest BCUT2D eigenvalue weighted by atomic mass is 79.9. The zero-order valence-corrected chi connectivity index (χ0v) is 18.7. The second-order valence-electron chi connectivity index (χ2n) is 7.03. The van der Waals surface area contributed by atoms with Crippen LogP contribution >= 0.6 is 15.9 Å². The number of ether oxygens (including phenoxy) is 2. The minimum atomic E-state index is -0.485. The monoisotopic (exact) mass is 478 g/mol. The Hall–Kier alpha value is -2.61. The first kappa shape index (κ1) is 22.1. The van der Waals surface area contributed by atoms with Crippen molar-refractivity contribution in [1.82, 2.24) is 4.90 Å². The van der Waals surface area contributed by atoms with Gasteiger partial charge in [0.25, 0.3) is 0 Å². The molecule has 8 heteroatoms. The van der Waals surface area contributed by atoms with Gasteiger partial charge in [0.2, 0.25) is 11.8 Å². The Bertz CT molecular complexity index is 953. The van der Waals surface area contributed by atoms with Crippen LogP contribution in [0.2, 0.25) is 0 Å². The SMILES string of the molecule is CCN(Cc1cc(Br)ccc1F)C(=O)C1CC(=O)N(c2ccc(OC)c(OC)c2)C1. The second kappa shape index (κ2) is 9.47. The lowest BCUT2D eigenvalue weighted by molar-refractivity contribution is -0.136. The predicted octanol–water partition coefficient (Wildman–Crippen LogP) is 4.01. The van der Waals surface area contributed by atoms with Crippen LogP contribution in [0.3, 0.4) is 0 Å². The minimum Gasteiger partial charge on any atom is -0.493 e. The molecule has 2 aromatic rings. The molecule has 0 spiro atoms. The molecule has 1 unspecified atom stereocenters. The molecule has 1 aliphatic rings. The lowest BCUT2D eigenvalue weighted by atomic mass is 10.1. The maximum atomic E-state index is 14.1. The van der Waals surface area contributed by atoms with Crippen LogP contribution in [-0.4, -0.2) is 44.0 Å². The van der Waals surface area contributed by atoms with Crippen LogP contribution in [0.1, 0.15) is 18.9 Å². The fraction of sp³-hybridized carbons (Fsp3) is 0.364. The van der Waals surface area contributed by atoms with E-state index in [0.29, 0.717) is 29.3 Å². The molecule has 0 aliphatic carbocycles. The standard InChI is InChI=1S/C22H24BrFN2O4/c1-4-25(12-14-9-16(23)5-7-18(14)24)22(28)15-10-21(27)26(13-15)17-6-8-19(29-2)20(11-17)30-3/h5-9,11,15H,4,10,12-13H2,1-3H3. The Morgan fingerprint density at radius 3 is 2.60 bits per heavy atom. The third kappa shape index (κ3) is 4.59. The Kier molecular flexibility index (Phi) is 6.97. The summed E-state index contributed by atoms with van der Waals surface area (Å²) in [5.41, 5.74) is 1.08. The molecular formula is C22H24BrFN2O4. The normalized spacial score (nSPS) is 16.0. The van der Waals surface area contributed by atoms with Crippen molar-refractivity contribution in [3.8, 4) is 11.5 Å². The molecule has 6 nitrogen and oxygen atoms in total. The maximum Gasteiger partial charge on any atom is 0.228 e. The molecule has 2 amide bonds. The topological polar surface area (TPSA) is 59.1 Å². The number of amides is 2. The third-order valence-electron chi connectivity index (χ3n) is 5.22. The average molecular weight is 479 g/mol. The first-order chi connectivity index (χ1) is 14.4. The van der Waals surface area contributed by atoms with Crippen molar-refractivity contribution in [2.75, 3.05) is 32.2 Å². The third-order valence-corrected chi connectivity index (χ3v) is 5.71. The highest BCUT2D eigenvalue weighted by Gasteiger charge is 2.37. The van der Waals surface area contributed by atoms with Gasteiger partial charge in [-0.05, 0) is 37.3 Å². The van der Waals surface area contributed by atoms with E-state index in [4.69, 9.17) is 9.47 Å². The molecule has 0 aromatic heterocycles. The van der Waals surface area contributed by atoms with Gasteiger partial charge in [-0.25, -0.2) is 4.39 Å². The van der Waals surface area contributed by atoms with E-state index >= 15 is 0 Å². The highest BCUT2D eigenvalue weighted by Crippen LogP contribution is 2.34. The van der Waals surface area contributed by atoms with Crippen molar-refractivity contribution in [1.29, 1.82) is 0 Å². The molecule has 1 saturated heterocycles. The van der Waals surface area contributed by atoms with E-state index in [9.17, 15) is 14.0 Å². The smallest absolute Gasteiger partial charge is 0.228 e. The van der Waals surface area contributed by atoms with Crippen molar-refractivity contribution in [3.63, 3.8) is 0 Å². The van der Waals surface area contributed by atoms with E-state index in [0.717, 1.165) is 4.47 Å². The number of hydrogen-bond donors (Lipinski definition) is 0. The number of rotatable bonds is 7. The number of carbonyl (C=O) groups excluding carboxylic acids is 2. The number of anilines is 1. The van der Waals surface area contributed by atoms with Gasteiger partial charge in [0, 0.05) is 47.8 Å². The second-order valence-corrected chi connectivity index (χ2v) is 7.95. The van der Waals surface area contributed by atoms with E-state index in [1.54, 1.807) is 47.2 Å². The number of benzene rings is 2. The zero-order chi connectivity index (χ0) is 21.8. The molecule has 0 saturated carbocycles. The van der Waals surface area contributed by atoms with E-state index in [1.165, 1.54) is 13.2 Å². The highest BCUT2D eigenvalue weighted by molar-refractivity contribution is 9.10. The number of carbonyl (C=O) groups is 2. The summed E-state index contributed by atoms with van der Waals surface area (Å²) in [6.45, 7) is 2.69. The van der Waals surface area contributed by atoms with Crippen molar-refractivity contribution in [2.24, 2.45) is 5.92 Å². The van der Waals surface area contributed by atoms with E-state index < -0.39 is 5.92 Å². The number of halogens is 2. The minimum absolute atomic E-state index is 0.116.